The molecule has 0 aromatic heterocycles. The van der Waals surface area contributed by atoms with Crippen molar-refractivity contribution in [3.05, 3.63) is 24.6 Å². The number of rotatable bonds is 0. The molecule has 0 saturated carbocycles. The number of hydrazine groups is 1. The summed E-state index contributed by atoms with van der Waals surface area (Å²) in [6.45, 7) is 2.10. The number of hydrogen-bond acceptors (Lipinski definition) is 2. The Bertz CT molecular complexity index is 131. The van der Waals surface area contributed by atoms with E-state index < -0.39 is 0 Å². The fraction of sp³-hybridized carbons (Fsp3) is 0.333. The lowest BCUT2D eigenvalue weighted by Gasteiger charge is -2.19. The number of hydrogen-bond donors (Lipinski definition) is 0. The van der Waals surface area contributed by atoms with Gasteiger partial charge in [0.15, 0.2) is 0 Å². The highest BCUT2D eigenvalue weighted by Gasteiger charge is 2.13. The van der Waals surface area contributed by atoms with Crippen molar-refractivity contribution in [2.75, 3.05) is 13.1 Å². The summed E-state index contributed by atoms with van der Waals surface area (Å²) in [4.78, 5) is 0. The molecule has 0 saturated heterocycles. The highest BCUT2D eigenvalue weighted by Crippen LogP contribution is 2.12. The Balaban J connectivity index is 2.20. The van der Waals surface area contributed by atoms with Crippen LogP contribution in [0, 0.1) is 0 Å². The second kappa shape index (κ2) is 1.28. The number of nitrogens with zero attached hydrogens (tertiary/aromatic N) is 2. The lowest BCUT2D eigenvalue weighted by molar-refractivity contribution is 0.148. The Morgan fingerprint density at radius 2 is 1.38 bits per heavy atom. The van der Waals surface area contributed by atoms with E-state index in [2.05, 4.69) is 34.6 Å². The molecule has 42 valence electrons. The lowest BCUT2D eigenvalue weighted by Crippen LogP contribution is -2.25. The highest BCUT2D eigenvalue weighted by atomic mass is 15.6. The first-order chi connectivity index (χ1) is 3.97. The molecule has 0 aromatic carbocycles. The van der Waals surface area contributed by atoms with Gasteiger partial charge in [0.05, 0.1) is 13.1 Å². The first kappa shape index (κ1) is 4.01. The minimum atomic E-state index is 1.05. The molecule has 2 rings (SSSR count). The predicted molar refractivity (Wildman–Crippen MR) is 31.7 cm³/mol. The zero-order valence-corrected chi connectivity index (χ0v) is 4.62. The monoisotopic (exact) mass is 108 g/mol. The third kappa shape index (κ3) is 0.372. The van der Waals surface area contributed by atoms with Crippen LogP contribution in [0.4, 0.5) is 0 Å². The standard InChI is InChI=1S/C6H8N2/c1-3-7-5-2-6-8(7)4-1/h1-3,6H,4-5H2. The maximum Gasteiger partial charge on any atom is 0.0587 e. The molecule has 0 aromatic rings. The molecule has 0 amide bonds. The summed E-state index contributed by atoms with van der Waals surface area (Å²) in [5.41, 5.74) is 0. The van der Waals surface area contributed by atoms with Crippen LogP contribution in [0.25, 0.3) is 0 Å². The van der Waals surface area contributed by atoms with Crippen LogP contribution in [0.5, 0.6) is 0 Å². The van der Waals surface area contributed by atoms with Crippen LogP contribution >= 0.6 is 0 Å². The Kier molecular flexibility index (Phi) is 0.640. The van der Waals surface area contributed by atoms with Gasteiger partial charge in [-0.15, -0.1) is 0 Å². The molecule has 2 nitrogen and oxygen atoms in total. The van der Waals surface area contributed by atoms with Crippen molar-refractivity contribution >= 4 is 0 Å². The van der Waals surface area contributed by atoms with E-state index >= 15 is 0 Å². The third-order valence-electron chi connectivity index (χ3n) is 1.47. The minimum absolute atomic E-state index is 1.05. The second-order valence-corrected chi connectivity index (χ2v) is 2.01. The molecular formula is C6H8N2. The molecule has 0 fully saturated rings. The molecule has 2 aliphatic rings. The Morgan fingerprint density at radius 3 is 1.88 bits per heavy atom. The van der Waals surface area contributed by atoms with E-state index in [4.69, 9.17) is 0 Å². The van der Waals surface area contributed by atoms with Crippen molar-refractivity contribution in [3.63, 3.8) is 0 Å². The average Bonchev–Trinajstić information content (AvgIpc) is 2.15. The molecule has 0 atom stereocenters. The van der Waals surface area contributed by atoms with E-state index in [1.807, 2.05) is 0 Å². The van der Waals surface area contributed by atoms with E-state index in [9.17, 15) is 0 Å². The molecule has 0 N–H and O–H groups in total. The SMILES string of the molecule is C1=CN2CC=CN2C1. The molecule has 0 radical (unpaired) electrons. The molecule has 0 spiro atoms. The molecule has 0 unspecified atom stereocenters. The quantitative estimate of drug-likeness (QED) is 0.447. The average molecular weight is 108 g/mol. The molecular weight excluding hydrogens is 100 g/mol. The Labute approximate surface area is 48.7 Å². The van der Waals surface area contributed by atoms with E-state index in [1.54, 1.807) is 0 Å². The first-order valence-electron chi connectivity index (χ1n) is 2.83. The van der Waals surface area contributed by atoms with Crippen molar-refractivity contribution in [1.29, 1.82) is 0 Å². The molecule has 2 heterocycles. The van der Waals surface area contributed by atoms with Crippen LogP contribution in [0.3, 0.4) is 0 Å². The lowest BCUT2D eigenvalue weighted by atomic mass is 10.5. The van der Waals surface area contributed by atoms with Crippen LogP contribution in [0.1, 0.15) is 0 Å². The maximum atomic E-state index is 2.18. The van der Waals surface area contributed by atoms with Gasteiger partial charge in [0, 0.05) is 12.4 Å². The topological polar surface area (TPSA) is 6.48 Å². The van der Waals surface area contributed by atoms with Gasteiger partial charge in [0.25, 0.3) is 0 Å². The molecule has 8 heavy (non-hydrogen) atoms. The van der Waals surface area contributed by atoms with Crippen LogP contribution in [-0.2, 0) is 0 Å². The van der Waals surface area contributed by atoms with Crippen LogP contribution < -0.4 is 0 Å². The summed E-state index contributed by atoms with van der Waals surface area (Å²) in [6, 6.07) is 0. The summed E-state index contributed by atoms with van der Waals surface area (Å²) >= 11 is 0. The minimum Gasteiger partial charge on any atom is -0.289 e. The van der Waals surface area contributed by atoms with Gasteiger partial charge in [-0.1, -0.05) is 0 Å². The first-order valence-corrected chi connectivity index (χ1v) is 2.83. The van der Waals surface area contributed by atoms with Crippen LogP contribution in [-0.4, -0.2) is 23.1 Å². The van der Waals surface area contributed by atoms with Gasteiger partial charge in [0.2, 0.25) is 0 Å². The van der Waals surface area contributed by atoms with E-state index in [-0.39, 0.29) is 0 Å². The molecule has 0 bridgehead atoms. The van der Waals surface area contributed by atoms with Crippen molar-refractivity contribution in [2.24, 2.45) is 0 Å². The summed E-state index contributed by atoms with van der Waals surface area (Å²) in [5.74, 6) is 0. The molecule has 2 heteroatoms. The maximum absolute atomic E-state index is 2.18. The van der Waals surface area contributed by atoms with Gasteiger partial charge in [-0.2, -0.15) is 0 Å². The highest BCUT2D eigenvalue weighted by molar-refractivity contribution is 5.04. The third-order valence-corrected chi connectivity index (χ3v) is 1.47. The van der Waals surface area contributed by atoms with Gasteiger partial charge < -0.3 is 0 Å². The Hall–Kier alpha value is -0.920. The van der Waals surface area contributed by atoms with E-state index in [0.717, 1.165) is 13.1 Å². The zero-order chi connectivity index (χ0) is 5.40. The van der Waals surface area contributed by atoms with Crippen LogP contribution in [0.15, 0.2) is 24.6 Å². The molecule has 0 aliphatic carbocycles. The summed E-state index contributed by atoms with van der Waals surface area (Å²) < 4.78 is 0. The number of fused-ring (bicyclic) bond motifs is 1. The van der Waals surface area contributed by atoms with Crippen molar-refractivity contribution in [1.82, 2.24) is 10.0 Å². The largest absolute Gasteiger partial charge is 0.289 e. The predicted octanol–water partition coefficient (Wildman–Crippen LogP) is 0.560. The fourth-order valence-corrected chi connectivity index (χ4v) is 1.06. The van der Waals surface area contributed by atoms with E-state index in [1.165, 1.54) is 0 Å². The summed E-state index contributed by atoms with van der Waals surface area (Å²) in [6.07, 6.45) is 8.53. The normalized spacial score (nSPS) is 23.0. The van der Waals surface area contributed by atoms with Gasteiger partial charge in [-0.25, -0.2) is 0 Å². The van der Waals surface area contributed by atoms with Crippen LogP contribution in [0.2, 0.25) is 0 Å². The van der Waals surface area contributed by atoms with Gasteiger partial charge in [0.1, 0.15) is 0 Å². The van der Waals surface area contributed by atoms with Gasteiger partial charge >= 0.3 is 0 Å². The zero-order valence-electron chi connectivity index (χ0n) is 4.62. The Morgan fingerprint density at radius 1 is 0.875 bits per heavy atom. The van der Waals surface area contributed by atoms with Gasteiger partial charge in [-0.05, 0) is 12.2 Å². The smallest absolute Gasteiger partial charge is 0.0587 e. The van der Waals surface area contributed by atoms with Crippen molar-refractivity contribution in [3.8, 4) is 0 Å². The van der Waals surface area contributed by atoms with Crippen molar-refractivity contribution in [2.45, 2.75) is 0 Å². The molecule has 2 aliphatic heterocycles. The summed E-state index contributed by atoms with van der Waals surface area (Å²) in [5, 5.41) is 4.36. The van der Waals surface area contributed by atoms with Gasteiger partial charge in [-0.3, -0.25) is 10.0 Å². The summed E-state index contributed by atoms with van der Waals surface area (Å²) in [7, 11) is 0. The second-order valence-electron chi connectivity index (χ2n) is 2.01. The van der Waals surface area contributed by atoms with E-state index in [0.29, 0.717) is 0 Å². The van der Waals surface area contributed by atoms with Crippen molar-refractivity contribution < 1.29 is 0 Å². The fourth-order valence-electron chi connectivity index (χ4n) is 1.06.